The van der Waals surface area contributed by atoms with Gasteiger partial charge in [-0.15, -0.1) is 0 Å². The molecule has 0 aromatic heterocycles. The van der Waals surface area contributed by atoms with Crippen molar-refractivity contribution in [2.75, 3.05) is 16.8 Å². The van der Waals surface area contributed by atoms with Crippen LogP contribution in [0.1, 0.15) is 37.4 Å². The van der Waals surface area contributed by atoms with Gasteiger partial charge >= 0.3 is 35.7 Å². The average molecular weight is 501 g/mol. The molecule has 4 rings (SSSR count). The van der Waals surface area contributed by atoms with E-state index in [0.29, 0.717) is 6.07 Å². The van der Waals surface area contributed by atoms with Crippen molar-refractivity contribution in [1.82, 2.24) is 0 Å². The van der Waals surface area contributed by atoms with Crippen molar-refractivity contribution >= 4 is 74.0 Å². The van der Waals surface area contributed by atoms with Crippen molar-refractivity contribution in [3.63, 3.8) is 0 Å². The molecule has 0 saturated heterocycles. The van der Waals surface area contributed by atoms with Crippen molar-refractivity contribution < 1.29 is 35.7 Å². The Labute approximate surface area is 213 Å². The molecule has 0 atom stereocenters. The van der Waals surface area contributed by atoms with E-state index in [1.807, 2.05) is 0 Å². The molecule has 1 aliphatic carbocycles. The zero-order valence-corrected chi connectivity index (χ0v) is 17.2. The summed E-state index contributed by atoms with van der Waals surface area (Å²) < 4.78 is 73.2. The van der Waals surface area contributed by atoms with Gasteiger partial charge in [-0.05, 0) is 24.3 Å². The van der Waals surface area contributed by atoms with Gasteiger partial charge in [-0.3, -0.25) is 14.1 Å². The minimum absolute atomic E-state index is 0. The van der Waals surface area contributed by atoms with Crippen LogP contribution in [0.5, 0.6) is 0 Å². The standard InChI is InChI=1S/C21H14F3N3O5S.Na.H/c22-21(23,24)12-7-9(5-6-13(12)25)27-14-8-15(33(30,31)32)18(26)17-16(14)19(28)10-3-1-2-4-11(10)20(17)29;;/h1-8,27H,25-26H2,(H,30,31,32);;. The van der Waals surface area contributed by atoms with Gasteiger partial charge in [-0.25, -0.2) is 0 Å². The number of fused-ring (bicyclic) bond motifs is 2. The normalized spacial score (nSPS) is 13.1. The number of carbonyl (C=O) groups is 2. The maximum atomic E-state index is 13.3. The second-order valence-corrected chi connectivity index (χ2v) is 8.58. The van der Waals surface area contributed by atoms with Crippen LogP contribution in [0, 0.1) is 0 Å². The number of ketones is 2. The minimum atomic E-state index is -4.97. The summed E-state index contributed by atoms with van der Waals surface area (Å²) >= 11 is 0. The number of benzene rings is 3. The van der Waals surface area contributed by atoms with Gasteiger partial charge in [0.05, 0.1) is 28.1 Å². The van der Waals surface area contributed by atoms with E-state index in [4.69, 9.17) is 11.5 Å². The van der Waals surface area contributed by atoms with E-state index in [1.54, 1.807) is 0 Å². The van der Waals surface area contributed by atoms with Crippen LogP contribution < -0.4 is 16.8 Å². The molecule has 172 valence electrons. The number of hydrogen-bond donors (Lipinski definition) is 4. The van der Waals surface area contributed by atoms with Crippen LogP contribution in [0.15, 0.2) is 53.4 Å². The summed E-state index contributed by atoms with van der Waals surface area (Å²) in [5.74, 6) is -1.48. The summed E-state index contributed by atoms with van der Waals surface area (Å²) in [4.78, 5) is 25.4. The van der Waals surface area contributed by atoms with Gasteiger partial charge in [0, 0.05) is 22.5 Å². The van der Waals surface area contributed by atoms with Gasteiger partial charge in [-0.2, -0.15) is 21.6 Å². The predicted molar refractivity (Wildman–Crippen MR) is 120 cm³/mol. The SMILES string of the molecule is Nc1ccc(Nc2cc(S(=O)(=O)O)c(N)c3c2C(=O)c2ccccc2C3=O)cc1C(F)(F)F.[NaH]. The van der Waals surface area contributed by atoms with Crippen molar-refractivity contribution in [2.24, 2.45) is 0 Å². The average Bonchev–Trinajstić information content (AvgIpc) is 2.72. The van der Waals surface area contributed by atoms with E-state index in [0.717, 1.165) is 12.1 Å². The number of hydrogen-bond acceptors (Lipinski definition) is 7. The number of carbonyl (C=O) groups excluding carboxylic acids is 2. The molecule has 34 heavy (non-hydrogen) atoms. The molecule has 0 amide bonds. The van der Waals surface area contributed by atoms with E-state index in [9.17, 15) is 35.7 Å². The number of rotatable bonds is 3. The summed E-state index contributed by atoms with van der Waals surface area (Å²) in [6.07, 6.45) is -4.79. The molecule has 13 heteroatoms. The van der Waals surface area contributed by atoms with Gasteiger partial charge in [0.2, 0.25) is 0 Å². The Morgan fingerprint density at radius 3 is 1.97 bits per heavy atom. The van der Waals surface area contributed by atoms with Crippen molar-refractivity contribution in [3.05, 3.63) is 76.3 Å². The molecule has 6 N–H and O–H groups in total. The molecule has 8 nitrogen and oxygen atoms in total. The van der Waals surface area contributed by atoms with E-state index < -0.39 is 55.3 Å². The van der Waals surface area contributed by atoms with Crippen LogP contribution in [0.4, 0.5) is 35.9 Å². The first-order valence-electron chi connectivity index (χ1n) is 9.17. The van der Waals surface area contributed by atoms with Gasteiger partial charge in [0.15, 0.2) is 11.6 Å². The Kier molecular flexibility index (Phi) is 6.59. The number of nitrogens with two attached hydrogens (primary N) is 2. The van der Waals surface area contributed by atoms with E-state index in [2.05, 4.69) is 5.32 Å². The molecule has 0 saturated carbocycles. The number of anilines is 4. The summed E-state index contributed by atoms with van der Waals surface area (Å²) in [7, 11) is -4.97. The monoisotopic (exact) mass is 501 g/mol. The molecule has 0 bridgehead atoms. The second-order valence-electron chi connectivity index (χ2n) is 7.19. The Morgan fingerprint density at radius 2 is 1.44 bits per heavy atom. The molecule has 3 aromatic carbocycles. The molecule has 1 aliphatic rings. The molecule has 0 aliphatic heterocycles. The third kappa shape index (κ3) is 4.30. The summed E-state index contributed by atoms with van der Waals surface area (Å²) in [6, 6.07) is 9.31. The molecule has 0 unspecified atom stereocenters. The van der Waals surface area contributed by atoms with E-state index in [1.165, 1.54) is 30.3 Å². The molecular formula is C21H15F3N3NaO5S. The number of nitrogens with one attached hydrogen (secondary N) is 1. The van der Waals surface area contributed by atoms with Crippen LogP contribution in [0.25, 0.3) is 0 Å². The van der Waals surface area contributed by atoms with Gasteiger partial charge in [0.25, 0.3) is 10.1 Å². The fraction of sp³-hybridized carbons (Fsp3) is 0.0476. The second kappa shape index (κ2) is 8.71. The summed E-state index contributed by atoms with van der Waals surface area (Å²) in [5, 5.41) is 2.53. The Morgan fingerprint density at radius 1 is 0.882 bits per heavy atom. The number of alkyl halides is 3. The molecular weight excluding hydrogens is 486 g/mol. The first kappa shape index (κ1) is 25.7. The van der Waals surface area contributed by atoms with E-state index in [-0.39, 0.29) is 57.6 Å². The van der Waals surface area contributed by atoms with Crippen molar-refractivity contribution in [1.29, 1.82) is 0 Å². The van der Waals surface area contributed by atoms with Crippen LogP contribution in [-0.2, 0) is 16.3 Å². The Balaban J connectivity index is 0.00000324. The van der Waals surface area contributed by atoms with Crippen LogP contribution in [0.2, 0.25) is 0 Å². The molecule has 0 fully saturated rings. The van der Waals surface area contributed by atoms with Crippen molar-refractivity contribution in [3.8, 4) is 0 Å². The Bertz CT molecular complexity index is 1470. The molecule has 3 aromatic rings. The maximum absolute atomic E-state index is 13.3. The fourth-order valence-electron chi connectivity index (χ4n) is 3.64. The van der Waals surface area contributed by atoms with E-state index >= 15 is 0 Å². The van der Waals surface area contributed by atoms with Gasteiger partial charge < -0.3 is 16.8 Å². The quantitative estimate of drug-likeness (QED) is 0.190. The van der Waals surface area contributed by atoms with Crippen LogP contribution >= 0.6 is 0 Å². The zero-order chi connectivity index (χ0) is 24.3. The van der Waals surface area contributed by atoms with Crippen LogP contribution in [0.3, 0.4) is 0 Å². The topological polar surface area (TPSA) is 153 Å². The van der Waals surface area contributed by atoms with Gasteiger partial charge in [0.1, 0.15) is 4.90 Å². The summed E-state index contributed by atoms with van der Waals surface area (Å²) in [6.45, 7) is 0. The zero-order valence-electron chi connectivity index (χ0n) is 16.4. The van der Waals surface area contributed by atoms with Gasteiger partial charge in [-0.1, -0.05) is 24.3 Å². The number of halogens is 3. The first-order chi connectivity index (χ1) is 15.3. The molecule has 0 spiro atoms. The number of nitrogen functional groups attached to an aromatic ring is 2. The third-order valence-corrected chi connectivity index (χ3v) is 6.01. The molecule has 0 radical (unpaired) electrons. The molecule has 0 heterocycles. The van der Waals surface area contributed by atoms with Crippen molar-refractivity contribution in [2.45, 2.75) is 11.1 Å². The third-order valence-electron chi connectivity index (χ3n) is 5.12. The fourth-order valence-corrected chi connectivity index (χ4v) is 4.29. The van der Waals surface area contributed by atoms with Crippen LogP contribution in [-0.4, -0.2) is 54.1 Å². The predicted octanol–water partition coefficient (Wildman–Crippen LogP) is 2.99. The first-order valence-corrected chi connectivity index (χ1v) is 10.6. The summed E-state index contributed by atoms with van der Waals surface area (Å²) in [5.41, 5.74) is 7.49. The Hall–Kier alpha value is -2.90.